The Hall–Kier alpha value is -2.40. The molecule has 0 aliphatic heterocycles. The Labute approximate surface area is 128 Å². The number of carbonyl (C=O) groups excluding carboxylic acids is 1. The minimum atomic E-state index is -1.30. The average molecular weight is 303 g/mol. The second-order valence-electron chi connectivity index (χ2n) is 5.29. The molecule has 2 rings (SSSR count). The van der Waals surface area contributed by atoms with Gasteiger partial charge in [0.25, 0.3) is 0 Å². The third kappa shape index (κ3) is 4.30. The molecule has 1 heterocycles. The number of hydrogen-bond acceptors (Lipinski definition) is 3. The van der Waals surface area contributed by atoms with E-state index in [1.54, 1.807) is 38.1 Å². The number of amides is 1. The summed E-state index contributed by atoms with van der Waals surface area (Å²) in [7, 11) is 0. The normalized spacial score (nSPS) is 14.0. The van der Waals surface area contributed by atoms with E-state index in [1.807, 2.05) is 0 Å². The van der Waals surface area contributed by atoms with Crippen LogP contribution in [0.15, 0.2) is 46.9 Å². The minimum absolute atomic E-state index is 0.00623. The van der Waals surface area contributed by atoms with Crippen molar-refractivity contribution in [3.05, 3.63) is 65.4 Å². The molecular formula is C17H18FNO3. The molecule has 2 aromatic rings. The van der Waals surface area contributed by atoms with Gasteiger partial charge in [-0.05, 0) is 49.8 Å². The molecule has 1 aromatic carbocycles. The molecule has 0 fully saturated rings. The molecule has 1 unspecified atom stereocenters. The van der Waals surface area contributed by atoms with Gasteiger partial charge in [0, 0.05) is 6.08 Å². The van der Waals surface area contributed by atoms with E-state index in [9.17, 15) is 14.3 Å². The van der Waals surface area contributed by atoms with Crippen LogP contribution >= 0.6 is 0 Å². The zero-order chi connectivity index (χ0) is 16.2. The minimum Gasteiger partial charge on any atom is -0.463 e. The van der Waals surface area contributed by atoms with Crippen molar-refractivity contribution in [3.8, 4) is 0 Å². The van der Waals surface area contributed by atoms with E-state index in [0.29, 0.717) is 17.1 Å². The number of carbonyl (C=O) groups is 1. The molecule has 0 saturated carbocycles. The van der Waals surface area contributed by atoms with E-state index in [4.69, 9.17) is 4.42 Å². The van der Waals surface area contributed by atoms with Crippen LogP contribution in [0, 0.1) is 12.7 Å². The van der Waals surface area contributed by atoms with Crippen LogP contribution in [0.2, 0.25) is 0 Å². The number of aryl methyl sites for hydroxylation is 1. The van der Waals surface area contributed by atoms with Gasteiger partial charge in [0.15, 0.2) is 0 Å². The SMILES string of the molecule is Cc1ccc(C(C)(O)CNC(=O)C=Cc2cccc(F)c2)o1. The number of furan rings is 1. The lowest BCUT2D eigenvalue weighted by molar-refractivity contribution is -0.117. The summed E-state index contributed by atoms with van der Waals surface area (Å²) < 4.78 is 18.4. The maximum atomic E-state index is 13.0. The summed E-state index contributed by atoms with van der Waals surface area (Å²) in [5.41, 5.74) is -0.708. The Kier molecular flexibility index (Phi) is 4.78. The third-order valence-electron chi connectivity index (χ3n) is 3.15. The quantitative estimate of drug-likeness (QED) is 0.835. The smallest absolute Gasteiger partial charge is 0.244 e. The molecule has 0 aliphatic carbocycles. The van der Waals surface area contributed by atoms with Gasteiger partial charge in [0.2, 0.25) is 5.91 Å². The van der Waals surface area contributed by atoms with Crippen LogP contribution in [0.25, 0.3) is 6.08 Å². The van der Waals surface area contributed by atoms with Gasteiger partial charge in [-0.3, -0.25) is 4.79 Å². The summed E-state index contributed by atoms with van der Waals surface area (Å²) in [6.45, 7) is 3.34. The van der Waals surface area contributed by atoms with Crippen molar-refractivity contribution in [2.24, 2.45) is 0 Å². The van der Waals surface area contributed by atoms with E-state index in [2.05, 4.69) is 5.32 Å². The van der Waals surface area contributed by atoms with Crippen LogP contribution in [0.3, 0.4) is 0 Å². The molecule has 0 spiro atoms. The first-order valence-corrected chi connectivity index (χ1v) is 6.87. The second-order valence-corrected chi connectivity index (χ2v) is 5.29. The first kappa shape index (κ1) is 16.0. The van der Waals surface area contributed by atoms with Gasteiger partial charge in [-0.2, -0.15) is 0 Å². The Morgan fingerprint density at radius 3 is 2.82 bits per heavy atom. The molecule has 5 heteroatoms. The molecule has 116 valence electrons. The summed E-state index contributed by atoms with van der Waals surface area (Å²) in [6, 6.07) is 9.33. The molecule has 1 amide bonds. The van der Waals surface area contributed by atoms with Crippen LogP contribution < -0.4 is 5.32 Å². The summed E-state index contributed by atoms with van der Waals surface area (Å²) in [5, 5.41) is 12.9. The van der Waals surface area contributed by atoms with Crippen molar-refractivity contribution in [3.63, 3.8) is 0 Å². The lowest BCUT2D eigenvalue weighted by atomic mass is 10.0. The highest BCUT2D eigenvalue weighted by molar-refractivity contribution is 5.91. The molecule has 2 N–H and O–H groups in total. The van der Waals surface area contributed by atoms with Gasteiger partial charge in [-0.15, -0.1) is 0 Å². The van der Waals surface area contributed by atoms with E-state index in [0.717, 1.165) is 0 Å². The Morgan fingerprint density at radius 1 is 1.41 bits per heavy atom. The molecular weight excluding hydrogens is 285 g/mol. The van der Waals surface area contributed by atoms with Gasteiger partial charge in [-0.25, -0.2) is 4.39 Å². The van der Waals surface area contributed by atoms with Gasteiger partial charge in [0.05, 0.1) is 6.54 Å². The van der Waals surface area contributed by atoms with E-state index < -0.39 is 5.60 Å². The van der Waals surface area contributed by atoms with Gasteiger partial charge in [-0.1, -0.05) is 12.1 Å². The molecule has 0 bridgehead atoms. The van der Waals surface area contributed by atoms with Crippen molar-refractivity contribution in [2.45, 2.75) is 19.4 Å². The summed E-state index contributed by atoms with van der Waals surface area (Å²) in [6.07, 6.45) is 2.79. The van der Waals surface area contributed by atoms with Crippen LogP contribution in [0.4, 0.5) is 4.39 Å². The van der Waals surface area contributed by atoms with E-state index >= 15 is 0 Å². The predicted octanol–water partition coefficient (Wildman–Crippen LogP) is 2.76. The van der Waals surface area contributed by atoms with Crippen molar-refractivity contribution in [1.82, 2.24) is 5.32 Å². The molecule has 0 radical (unpaired) electrons. The van der Waals surface area contributed by atoms with E-state index in [-0.39, 0.29) is 18.3 Å². The molecule has 1 aromatic heterocycles. The maximum absolute atomic E-state index is 13.0. The van der Waals surface area contributed by atoms with Crippen molar-refractivity contribution < 1.29 is 18.7 Å². The topological polar surface area (TPSA) is 62.5 Å². The highest BCUT2D eigenvalue weighted by Gasteiger charge is 2.27. The average Bonchev–Trinajstić information content (AvgIpc) is 2.91. The molecule has 4 nitrogen and oxygen atoms in total. The fraction of sp³-hybridized carbons (Fsp3) is 0.235. The number of halogens is 1. The lowest BCUT2D eigenvalue weighted by Crippen LogP contribution is -2.37. The van der Waals surface area contributed by atoms with E-state index in [1.165, 1.54) is 24.3 Å². The summed E-state index contributed by atoms with van der Waals surface area (Å²) >= 11 is 0. The van der Waals surface area contributed by atoms with Crippen molar-refractivity contribution >= 4 is 12.0 Å². The van der Waals surface area contributed by atoms with Crippen LogP contribution in [-0.2, 0) is 10.4 Å². The van der Waals surface area contributed by atoms with Crippen LogP contribution in [-0.4, -0.2) is 17.6 Å². The Bertz CT molecular complexity index is 689. The lowest BCUT2D eigenvalue weighted by Gasteiger charge is -2.20. The second kappa shape index (κ2) is 6.58. The zero-order valence-electron chi connectivity index (χ0n) is 12.5. The summed E-state index contributed by atoms with van der Waals surface area (Å²) in [4.78, 5) is 11.8. The van der Waals surface area contributed by atoms with Crippen LogP contribution in [0.5, 0.6) is 0 Å². The highest BCUT2D eigenvalue weighted by Crippen LogP contribution is 2.21. The number of benzene rings is 1. The monoisotopic (exact) mass is 303 g/mol. The Morgan fingerprint density at radius 2 is 2.18 bits per heavy atom. The molecule has 0 aliphatic rings. The number of aliphatic hydroxyl groups is 1. The highest BCUT2D eigenvalue weighted by atomic mass is 19.1. The fourth-order valence-corrected chi connectivity index (χ4v) is 1.91. The Balaban J connectivity index is 1.92. The molecule has 22 heavy (non-hydrogen) atoms. The van der Waals surface area contributed by atoms with Crippen LogP contribution in [0.1, 0.15) is 24.0 Å². The predicted molar refractivity (Wildman–Crippen MR) is 81.5 cm³/mol. The molecule has 1 atom stereocenters. The van der Waals surface area contributed by atoms with Gasteiger partial charge >= 0.3 is 0 Å². The zero-order valence-corrected chi connectivity index (χ0v) is 12.5. The largest absolute Gasteiger partial charge is 0.463 e. The number of nitrogens with one attached hydrogen (secondary N) is 1. The van der Waals surface area contributed by atoms with Gasteiger partial charge in [0.1, 0.15) is 22.9 Å². The number of rotatable bonds is 5. The standard InChI is InChI=1S/C17H18FNO3/c1-12-6-8-15(22-12)17(2,21)11-19-16(20)9-7-13-4-3-5-14(18)10-13/h3-10,21H,11H2,1-2H3,(H,19,20). The third-order valence-corrected chi connectivity index (χ3v) is 3.15. The number of hydrogen-bond donors (Lipinski definition) is 2. The van der Waals surface area contributed by atoms with Crippen molar-refractivity contribution in [1.29, 1.82) is 0 Å². The summed E-state index contributed by atoms with van der Waals surface area (Å²) in [5.74, 6) is 0.332. The first-order valence-electron chi connectivity index (χ1n) is 6.87. The first-order chi connectivity index (χ1) is 10.4. The molecule has 0 saturated heterocycles. The maximum Gasteiger partial charge on any atom is 0.244 e. The van der Waals surface area contributed by atoms with Gasteiger partial charge < -0.3 is 14.8 Å². The van der Waals surface area contributed by atoms with Crippen molar-refractivity contribution in [2.75, 3.05) is 6.54 Å². The fourth-order valence-electron chi connectivity index (χ4n) is 1.91.